The quantitative estimate of drug-likeness (QED) is 0.613. The van der Waals surface area contributed by atoms with Gasteiger partial charge in [0.25, 0.3) is 5.91 Å². The van der Waals surface area contributed by atoms with E-state index < -0.39 is 0 Å². The third-order valence-electron chi connectivity index (χ3n) is 2.63. The largest absolute Gasteiger partial charge is 0.389 e. The van der Waals surface area contributed by atoms with Crippen LogP contribution >= 0.6 is 0 Å². The number of rotatable bonds is 1. The molecule has 0 aromatic carbocycles. The average Bonchev–Trinajstić information content (AvgIpc) is 2.13. The predicted molar refractivity (Wildman–Crippen MR) is 46.2 cm³/mol. The van der Waals surface area contributed by atoms with E-state index in [-0.39, 0.29) is 18.1 Å². The number of carbonyl (C=O) groups excluding carboxylic acids is 1. The van der Waals surface area contributed by atoms with Gasteiger partial charge < -0.3 is 14.7 Å². The zero-order chi connectivity index (χ0) is 9.26. The van der Waals surface area contributed by atoms with Crippen LogP contribution in [0, 0.1) is 0 Å². The molecule has 0 radical (unpaired) electrons. The Balaban J connectivity index is 1.82. The third kappa shape index (κ3) is 1.84. The Bertz CT molecular complexity index is 195. The molecule has 0 aromatic rings. The smallest absolute Gasteiger partial charge is 0.251 e. The van der Waals surface area contributed by atoms with E-state index >= 15 is 0 Å². The molecular weight excluding hydrogens is 170 g/mol. The molecule has 1 amide bonds. The van der Waals surface area contributed by atoms with Gasteiger partial charge in [0, 0.05) is 19.7 Å². The maximum Gasteiger partial charge on any atom is 0.251 e. The lowest BCUT2D eigenvalue weighted by Crippen LogP contribution is -2.57. The van der Waals surface area contributed by atoms with Gasteiger partial charge in [0.05, 0.1) is 6.10 Å². The van der Waals surface area contributed by atoms with Crippen molar-refractivity contribution in [2.45, 2.75) is 31.5 Å². The Morgan fingerprint density at radius 3 is 2.69 bits per heavy atom. The van der Waals surface area contributed by atoms with Crippen molar-refractivity contribution < 1.29 is 14.6 Å². The Hall–Kier alpha value is -0.610. The minimum atomic E-state index is -0.312. The Morgan fingerprint density at radius 1 is 1.38 bits per heavy atom. The Kier molecular flexibility index (Phi) is 2.51. The van der Waals surface area contributed by atoms with Gasteiger partial charge >= 0.3 is 0 Å². The van der Waals surface area contributed by atoms with Gasteiger partial charge in [-0.25, -0.2) is 0 Å². The maximum absolute atomic E-state index is 11.6. The van der Waals surface area contributed by atoms with Gasteiger partial charge in [-0.3, -0.25) is 4.79 Å². The molecule has 1 unspecified atom stereocenters. The summed E-state index contributed by atoms with van der Waals surface area (Å²) < 4.78 is 5.36. The summed E-state index contributed by atoms with van der Waals surface area (Å²) in [7, 11) is 0. The van der Waals surface area contributed by atoms with Crippen molar-refractivity contribution in [2.24, 2.45) is 0 Å². The Morgan fingerprint density at radius 2 is 2.15 bits per heavy atom. The minimum absolute atomic E-state index is 0.0602. The zero-order valence-corrected chi connectivity index (χ0v) is 7.61. The molecule has 13 heavy (non-hydrogen) atoms. The highest BCUT2D eigenvalue weighted by Crippen LogP contribution is 2.18. The van der Waals surface area contributed by atoms with Gasteiger partial charge in [-0.15, -0.1) is 0 Å². The van der Waals surface area contributed by atoms with Crippen LogP contribution < -0.4 is 0 Å². The summed E-state index contributed by atoms with van der Waals surface area (Å²) in [6, 6.07) is 0. The van der Waals surface area contributed by atoms with Crippen LogP contribution in [0.4, 0.5) is 0 Å². The van der Waals surface area contributed by atoms with Crippen molar-refractivity contribution in [3.05, 3.63) is 0 Å². The molecule has 0 spiro atoms. The van der Waals surface area contributed by atoms with Crippen molar-refractivity contribution in [1.29, 1.82) is 0 Å². The van der Waals surface area contributed by atoms with Crippen molar-refractivity contribution >= 4 is 5.91 Å². The van der Waals surface area contributed by atoms with E-state index in [1.165, 1.54) is 0 Å². The van der Waals surface area contributed by atoms with Crippen LogP contribution in [0.25, 0.3) is 0 Å². The fraction of sp³-hybridized carbons (Fsp3) is 0.889. The van der Waals surface area contributed by atoms with Crippen molar-refractivity contribution in [2.75, 3.05) is 19.7 Å². The van der Waals surface area contributed by atoms with Crippen molar-refractivity contribution in [3.8, 4) is 0 Å². The molecular formula is C9H15NO3. The highest BCUT2D eigenvalue weighted by molar-refractivity contribution is 5.81. The number of β-amino-alcohol motifs (C(OH)–C–C–N with tert-alkyl or cyclic N) is 1. The molecule has 74 valence electrons. The Labute approximate surface area is 77.5 Å². The van der Waals surface area contributed by atoms with Gasteiger partial charge in [-0.05, 0) is 19.3 Å². The molecule has 0 aromatic heterocycles. The molecule has 2 fully saturated rings. The van der Waals surface area contributed by atoms with Crippen LogP contribution in [0.1, 0.15) is 19.3 Å². The van der Waals surface area contributed by atoms with E-state index in [0.717, 1.165) is 19.3 Å². The first-order chi connectivity index (χ1) is 6.27. The van der Waals surface area contributed by atoms with Crippen LogP contribution in [0.15, 0.2) is 0 Å². The van der Waals surface area contributed by atoms with Gasteiger partial charge in [0.2, 0.25) is 0 Å². The van der Waals surface area contributed by atoms with Crippen LogP contribution in [0.3, 0.4) is 0 Å². The molecule has 2 rings (SSSR count). The molecule has 2 aliphatic heterocycles. The SMILES string of the molecule is O=C(C1CCCCO1)N1CC(O)C1. The number of aliphatic hydroxyl groups is 1. The second-order valence-electron chi connectivity index (χ2n) is 3.75. The summed E-state index contributed by atoms with van der Waals surface area (Å²) in [5.74, 6) is 0.0602. The van der Waals surface area contributed by atoms with Crippen molar-refractivity contribution in [1.82, 2.24) is 4.90 Å². The second-order valence-corrected chi connectivity index (χ2v) is 3.75. The van der Waals surface area contributed by atoms with Crippen LogP contribution in [0.2, 0.25) is 0 Å². The lowest BCUT2D eigenvalue weighted by Gasteiger charge is -2.38. The normalized spacial score (nSPS) is 29.9. The topological polar surface area (TPSA) is 49.8 Å². The molecule has 2 aliphatic rings. The van der Waals surface area contributed by atoms with Crippen LogP contribution in [-0.4, -0.2) is 47.8 Å². The maximum atomic E-state index is 11.6. The van der Waals surface area contributed by atoms with E-state index in [4.69, 9.17) is 9.84 Å². The molecule has 0 bridgehead atoms. The van der Waals surface area contributed by atoms with E-state index in [0.29, 0.717) is 19.7 Å². The number of hydrogen-bond donors (Lipinski definition) is 1. The number of ether oxygens (including phenoxy) is 1. The average molecular weight is 185 g/mol. The molecule has 0 aliphatic carbocycles. The number of hydrogen-bond acceptors (Lipinski definition) is 3. The highest BCUT2D eigenvalue weighted by Gasteiger charge is 2.34. The molecule has 0 saturated carbocycles. The first-order valence-corrected chi connectivity index (χ1v) is 4.86. The standard InChI is InChI=1S/C9H15NO3/c11-7-5-10(6-7)9(12)8-3-1-2-4-13-8/h7-8,11H,1-6H2. The number of nitrogens with zero attached hydrogens (tertiary/aromatic N) is 1. The van der Waals surface area contributed by atoms with E-state index in [1.807, 2.05) is 0 Å². The summed E-state index contributed by atoms with van der Waals surface area (Å²) in [4.78, 5) is 13.3. The summed E-state index contributed by atoms with van der Waals surface area (Å²) >= 11 is 0. The molecule has 1 N–H and O–H groups in total. The van der Waals surface area contributed by atoms with Crippen molar-refractivity contribution in [3.63, 3.8) is 0 Å². The summed E-state index contributed by atoms with van der Waals surface area (Å²) in [6.07, 6.45) is 2.43. The van der Waals surface area contributed by atoms with Crippen LogP contribution in [-0.2, 0) is 9.53 Å². The fourth-order valence-corrected chi connectivity index (χ4v) is 1.77. The minimum Gasteiger partial charge on any atom is -0.389 e. The lowest BCUT2D eigenvalue weighted by atomic mass is 10.1. The van der Waals surface area contributed by atoms with E-state index in [9.17, 15) is 4.79 Å². The monoisotopic (exact) mass is 185 g/mol. The molecule has 1 atom stereocenters. The van der Waals surface area contributed by atoms with Crippen LogP contribution in [0.5, 0.6) is 0 Å². The fourth-order valence-electron chi connectivity index (χ4n) is 1.77. The second kappa shape index (κ2) is 3.64. The highest BCUT2D eigenvalue weighted by atomic mass is 16.5. The lowest BCUT2D eigenvalue weighted by molar-refractivity contribution is -0.156. The van der Waals surface area contributed by atoms with E-state index in [1.54, 1.807) is 4.90 Å². The number of aliphatic hydroxyl groups excluding tert-OH is 1. The number of amides is 1. The summed E-state index contributed by atoms with van der Waals surface area (Å²) in [5, 5.41) is 9.03. The zero-order valence-electron chi connectivity index (χ0n) is 7.61. The van der Waals surface area contributed by atoms with Gasteiger partial charge in [-0.1, -0.05) is 0 Å². The first kappa shape index (κ1) is 8.97. The third-order valence-corrected chi connectivity index (χ3v) is 2.63. The molecule has 2 saturated heterocycles. The number of carbonyl (C=O) groups is 1. The summed E-state index contributed by atoms with van der Waals surface area (Å²) in [5.41, 5.74) is 0. The van der Waals surface area contributed by atoms with E-state index in [2.05, 4.69) is 0 Å². The molecule has 4 heteroatoms. The predicted octanol–water partition coefficient (Wildman–Crippen LogP) is -0.241. The summed E-state index contributed by atoms with van der Waals surface area (Å²) in [6.45, 7) is 1.67. The molecule has 2 heterocycles. The van der Waals surface area contributed by atoms with Gasteiger partial charge in [0.15, 0.2) is 0 Å². The number of likely N-dealkylation sites (tertiary alicyclic amines) is 1. The first-order valence-electron chi connectivity index (χ1n) is 4.86. The van der Waals surface area contributed by atoms with Gasteiger partial charge in [-0.2, -0.15) is 0 Å². The van der Waals surface area contributed by atoms with Gasteiger partial charge in [0.1, 0.15) is 6.10 Å². The molecule has 4 nitrogen and oxygen atoms in total.